The third-order valence-electron chi connectivity index (χ3n) is 4.37. The first-order chi connectivity index (χ1) is 9.22. The van der Waals surface area contributed by atoms with Crippen LogP contribution in [0.5, 0.6) is 0 Å². The van der Waals surface area contributed by atoms with Crippen molar-refractivity contribution in [2.75, 3.05) is 13.6 Å². The molecule has 3 heteroatoms. The first-order valence-electron chi connectivity index (χ1n) is 7.40. The van der Waals surface area contributed by atoms with Gasteiger partial charge in [-0.15, -0.1) is 0 Å². The second-order valence-electron chi connectivity index (χ2n) is 5.61. The Bertz CT molecular complexity index is 369. The van der Waals surface area contributed by atoms with Gasteiger partial charge in [-0.3, -0.25) is 4.90 Å². The Morgan fingerprint density at radius 2 is 1.74 bits per heavy atom. The number of hydrogen-bond donors (Lipinski definition) is 1. The fourth-order valence-electron chi connectivity index (χ4n) is 3.14. The van der Waals surface area contributed by atoms with E-state index in [4.69, 9.17) is 17.3 Å². The zero-order chi connectivity index (χ0) is 13.7. The molecule has 1 aliphatic rings. The van der Waals surface area contributed by atoms with Gasteiger partial charge in [0.15, 0.2) is 0 Å². The van der Waals surface area contributed by atoms with Crippen LogP contribution in [0, 0.1) is 0 Å². The zero-order valence-electron chi connectivity index (χ0n) is 11.8. The molecule has 0 aliphatic heterocycles. The van der Waals surface area contributed by atoms with Crippen LogP contribution in [0.2, 0.25) is 5.02 Å². The molecule has 2 N–H and O–H groups in total. The van der Waals surface area contributed by atoms with Crippen LogP contribution < -0.4 is 5.73 Å². The van der Waals surface area contributed by atoms with Gasteiger partial charge in [-0.25, -0.2) is 0 Å². The summed E-state index contributed by atoms with van der Waals surface area (Å²) in [7, 11) is 2.22. The van der Waals surface area contributed by atoms with E-state index in [0.717, 1.165) is 5.02 Å². The number of likely N-dealkylation sites (N-methyl/N-ethyl adjacent to an activating group) is 1. The van der Waals surface area contributed by atoms with E-state index >= 15 is 0 Å². The summed E-state index contributed by atoms with van der Waals surface area (Å²) in [4.78, 5) is 2.48. The van der Waals surface area contributed by atoms with E-state index in [1.54, 1.807) is 0 Å². The minimum absolute atomic E-state index is 0.306. The van der Waals surface area contributed by atoms with Gasteiger partial charge in [-0.2, -0.15) is 0 Å². The van der Waals surface area contributed by atoms with E-state index in [-0.39, 0.29) is 0 Å². The third-order valence-corrected chi connectivity index (χ3v) is 4.62. The van der Waals surface area contributed by atoms with Crippen molar-refractivity contribution in [3.8, 4) is 0 Å². The second-order valence-corrected chi connectivity index (χ2v) is 6.05. The average molecular weight is 281 g/mol. The third kappa shape index (κ3) is 3.95. The molecule has 0 heterocycles. The summed E-state index contributed by atoms with van der Waals surface area (Å²) in [6.07, 6.45) is 8.10. The number of nitrogens with zero attached hydrogens (tertiary/aromatic N) is 1. The van der Waals surface area contributed by atoms with E-state index in [0.29, 0.717) is 18.6 Å². The number of hydrogen-bond acceptors (Lipinski definition) is 2. The minimum Gasteiger partial charge on any atom is -0.329 e. The molecule has 1 atom stereocenters. The maximum absolute atomic E-state index is 6.01. The average Bonchev–Trinajstić information content (AvgIpc) is 2.70. The molecule has 0 aromatic heterocycles. The Morgan fingerprint density at radius 1 is 1.16 bits per heavy atom. The van der Waals surface area contributed by atoms with Crippen LogP contribution in [-0.2, 0) is 0 Å². The lowest BCUT2D eigenvalue weighted by molar-refractivity contribution is 0.161. The predicted octanol–water partition coefficient (Wildman–Crippen LogP) is 3.99. The molecular formula is C16H25ClN2. The van der Waals surface area contributed by atoms with Crippen molar-refractivity contribution in [3.63, 3.8) is 0 Å². The fourth-order valence-corrected chi connectivity index (χ4v) is 3.27. The van der Waals surface area contributed by atoms with Crippen molar-refractivity contribution >= 4 is 11.6 Å². The highest BCUT2D eigenvalue weighted by Crippen LogP contribution is 2.28. The highest BCUT2D eigenvalue weighted by molar-refractivity contribution is 6.30. The lowest BCUT2D eigenvalue weighted by Gasteiger charge is -2.34. The first-order valence-corrected chi connectivity index (χ1v) is 7.77. The number of rotatable bonds is 4. The van der Waals surface area contributed by atoms with E-state index in [9.17, 15) is 0 Å². The normalized spacial score (nSPS) is 19.4. The van der Waals surface area contributed by atoms with Gasteiger partial charge in [0, 0.05) is 23.7 Å². The second kappa shape index (κ2) is 7.28. The van der Waals surface area contributed by atoms with Crippen LogP contribution in [-0.4, -0.2) is 24.5 Å². The predicted molar refractivity (Wildman–Crippen MR) is 82.5 cm³/mol. The number of nitrogens with two attached hydrogens (primary N) is 1. The number of halogens is 1. The molecule has 0 bridgehead atoms. The van der Waals surface area contributed by atoms with Gasteiger partial charge < -0.3 is 5.73 Å². The van der Waals surface area contributed by atoms with Crippen LogP contribution in [0.3, 0.4) is 0 Å². The summed E-state index contributed by atoms with van der Waals surface area (Å²) in [5, 5.41) is 0.789. The summed E-state index contributed by atoms with van der Waals surface area (Å²) in [6, 6.07) is 9.10. The molecule has 106 valence electrons. The van der Waals surface area contributed by atoms with Crippen LogP contribution in [0.1, 0.15) is 50.1 Å². The highest BCUT2D eigenvalue weighted by atomic mass is 35.5. The molecular weight excluding hydrogens is 256 g/mol. The summed E-state index contributed by atoms with van der Waals surface area (Å²) in [5.74, 6) is 0. The first kappa shape index (κ1) is 14.8. The lowest BCUT2D eigenvalue weighted by atomic mass is 10.0. The maximum atomic E-state index is 6.01. The molecule has 2 rings (SSSR count). The smallest absolute Gasteiger partial charge is 0.0470 e. The number of benzene rings is 1. The largest absolute Gasteiger partial charge is 0.329 e. The Kier molecular flexibility index (Phi) is 5.68. The quantitative estimate of drug-likeness (QED) is 0.845. The molecule has 2 nitrogen and oxygen atoms in total. The Morgan fingerprint density at radius 3 is 2.26 bits per heavy atom. The fraction of sp³-hybridized carbons (Fsp3) is 0.625. The van der Waals surface area contributed by atoms with Crippen molar-refractivity contribution < 1.29 is 0 Å². The van der Waals surface area contributed by atoms with Crippen LogP contribution in [0.15, 0.2) is 24.3 Å². The summed E-state index contributed by atoms with van der Waals surface area (Å²) < 4.78 is 0. The summed E-state index contributed by atoms with van der Waals surface area (Å²) >= 11 is 5.96. The molecule has 1 unspecified atom stereocenters. The molecule has 0 radical (unpaired) electrons. The molecule has 0 spiro atoms. The Balaban J connectivity index is 2.09. The van der Waals surface area contributed by atoms with Gasteiger partial charge in [-0.1, -0.05) is 49.4 Å². The Hall–Kier alpha value is -0.570. The molecule has 19 heavy (non-hydrogen) atoms. The van der Waals surface area contributed by atoms with Crippen molar-refractivity contribution in [2.45, 2.75) is 50.6 Å². The SMILES string of the molecule is CN(C1CCCCCC1)C(CN)c1ccc(Cl)cc1. The van der Waals surface area contributed by atoms with Gasteiger partial charge in [0.05, 0.1) is 0 Å². The highest BCUT2D eigenvalue weighted by Gasteiger charge is 2.23. The molecule has 1 saturated carbocycles. The standard InChI is InChI=1S/C16H25ClN2/c1-19(15-6-4-2-3-5-7-15)16(12-18)13-8-10-14(17)11-9-13/h8-11,15-16H,2-7,12,18H2,1H3. The van der Waals surface area contributed by atoms with E-state index in [2.05, 4.69) is 24.1 Å². The molecule has 1 aliphatic carbocycles. The maximum Gasteiger partial charge on any atom is 0.0470 e. The van der Waals surface area contributed by atoms with Gasteiger partial charge in [0.2, 0.25) is 0 Å². The molecule has 1 aromatic rings. The van der Waals surface area contributed by atoms with Crippen molar-refractivity contribution in [1.29, 1.82) is 0 Å². The van der Waals surface area contributed by atoms with E-state index in [1.165, 1.54) is 44.1 Å². The monoisotopic (exact) mass is 280 g/mol. The topological polar surface area (TPSA) is 29.3 Å². The van der Waals surface area contributed by atoms with Crippen LogP contribution in [0.4, 0.5) is 0 Å². The summed E-state index contributed by atoms with van der Waals surface area (Å²) in [5.41, 5.74) is 7.29. The van der Waals surface area contributed by atoms with Gasteiger partial charge in [0.1, 0.15) is 0 Å². The molecule has 1 aromatic carbocycles. The summed E-state index contributed by atoms with van der Waals surface area (Å²) in [6.45, 7) is 0.661. The molecule has 1 fully saturated rings. The minimum atomic E-state index is 0.306. The van der Waals surface area contributed by atoms with Crippen molar-refractivity contribution in [1.82, 2.24) is 4.90 Å². The molecule has 0 saturated heterocycles. The van der Waals surface area contributed by atoms with Crippen LogP contribution >= 0.6 is 11.6 Å². The molecule has 0 amide bonds. The van der Waals surface area contributed by atoms with E-state index < -0.39 is 0 Å². The van der Waals surface area contributed by atoms with E-state index in [1.807, 2.05) is 12.1 Å². The van der Waals surface area contributed by atoms with Crippen molar-refractivity contribution in [3.05, 3.63) is 34.9 Å². The zero-order valence-corrected chi connectivity index (χ0v) is 12.6. The van der Waals surface area contributed by atoms with Crippen molar-refractivity contribution in [2.24, 2.45) is 5.73 Å². The van der Waals surface area contributed by atoms with Crippen LogP contribution in [0.25, 0.3) is 0 Å². The van der Waals surface area contributed by atoms with Gasteiger partial charge in [-0.05, 0) is 37.6 Å². The van der Waals surface area contributed by atoms with Gasteiger partial charge >= 0.3 is 0 Å². The lowest BCUT2D eigenvalue weighted by Crippen LogP contribution is -2.38. The van der Waals surface area contributed by atoms with Gasteiger partial charge in [0.25, 0.3) is 0 Å². The Labute approximate surface area is 121 Å².